The van der Waals surface area contributed by atoms with E-state index in [0.29, 0.717) is 19.3 Å². The van der Waals surface area contributed by atoms with Crippen LogP contribution < -0.4 is 0 Å². The predicted octanol–water partition coefficient (Wildman–Crippen LogP) is 10.9. The maximum absolute atomic E-state index is 12.8. The van der Waals surface area contributed by atoms with Gasteiger partial charge in [-0.1, -0.05) is 197 Å². The molecule has 14 heteroatoms. The summed E-state index contributed by atoms with van der Waals surface area (Å²) in [6, 6.07) is 0. The fourth-order valence-corrected chi connectivity index (χ4v) is 8.48. The summed E-state index contributed by atoms with van der Waals surface area (Å²) < 4.78 is 33.5. The molecule has 1 rings (SSSR count). The third-order valence-corrected chi connectivity index (χ3v) is 12.6. The van der Waals surface area contributed by atoms with Crippen molar-refractivity contribution >= 4 is 19.8 Å². The van der Waals surface area contributed by atoms with Crippen molar-refractivity contribution in [1.82, 2.24) is 0 Å². The number of aliphatic hydroxyl groups excluding tert-OH is 5. The molecule has 0 bridgehead atoms. The molecule has 382 valence electrons. The Morgan fingerprint density at radius 2 is 0.848 bits per heavy atom. The number of ether oxygens (including phenoxy) is 2. The smallest absolute Gasteiger partial charge is 0.462 e. The van der Waals surface area contributed by atoms with Crippen LogP contribution in [0.5, 0.6) is 0 Å². The number of aliphatic hydroxyl groups is 5. The summed E-state index contributed by atoms with van der Waals surface area (Å²) in [7, 11) is -5.14. The highest BCUT2D eigenvalue weighted by Gasteiger charge is 2.51. The van der Waals surface area contributed by atoms with Crippen LogP contribution >= 0.6 is 7.82 Å². The number of unbranched alkanes of at least 4 members (excludes halogenated alkanes) is 20. The minimum absolute atomic E-state index is 0.0432. The highest BCUT2D eigenvalue weighted by atomic mass is 31.2. The zero-order chi connectivity index (χ0) is 48.5. The molecule has 8 atom stereocenters. The van der Waals surface area contributed by atoms with Crippen molar-refractivity contribution in [3.63, 3.8) is 0 Å². The predicted molar refractivity (Wildman–Crippen MR) is 262 cm³/mol. The van der Waals surface area contributed by atoms with E-state index in [9.17, 15) is 44.6 Å². The number of phosphoric acid groups is 1. The molecule has 1 saturated carbocycles. The Morgan fingerprint density at radius 3 is 1.30 bits per heavy atom. The molecule has 1 fully saturated rings. The first-order valence-corrected chi connectivity index (χ1v) is 27.1. The van der Waals surface area contributed by atoms with Crippen molar-refractivity contribution in [2.75, 3.05) is 13.2 Å². The summed E-state index contributed by atoms with van der Waals surface area (Å²) >= 11 is 0. The molecule has 0 aromatic heterocycles. The molecule has 6 N–H and O–H groups in total. The van der Waals surface area contributed by atoms with E-state index in [1.807, 2.05) is 18.2 Å². The van der Waals surface area contributed by atoms with Gasteiger partial charge in [0, 0.05) is 12.8 Å². The molecule has 0 aliphatic heterocycles. The number of hydrogen-bond acceptors (Lipinski definition) is 12. The van der Waals surface area contributed by atoms with Gasteiger partial charge in [0.2, 0.25) is 0 Å². The summed E-state index contributed by atoms with van der Waals surface area (Å²) in [4.78, 5) is 35.8. The van der Waals surface area contributed by atoms with Crippen molar-refractivity contribution < 1.29 is 63.1 Å². The molecule has 66 heavy (non-hydrogen) atoms. The number of hydrogen-bond donors (Lipinski definition) is 6. The van der Waals surface area contributed by atoms with Gasteiger partial charge < -0.3 is 39.9 Å². The van der Waals surface area contributed by atoms with Gasteiger partial charge in [-0.25, -0.2) is 4.57 Å². The van der Waals surface area contributed by atoms with Gasteiger partial charge >= 0.3 is 19.8 Å². The zero-order valence-electron chi connectivity index (χ0n) is 40.7. The van der Waals surface area contributed by atoms with Gasteiger partial charge in [0.1, 0.15) is 43.2 Å². The molecule has 1 aliphatic rings. The number of phosphoric ester groups is 1. The normalized spacial score (nSPS) is 21.8. The fourth-order valence-electron chi connectivity index (χ4n) is 7.51. The summed E-state index contributed by atoms with van der Waals surface area (Å²) in [5.74, 6) is -1.19. The molecule has 0 aromatic carbocycles. The summed E-state index contributed by atoms with van der Waals surface area (Å²) in [5, 5.41) is 50.2. The van der Waals surface area contributed by atoms with Crippen molar-refractivity contribution in [3.05, 3.63) is 60.8 Å². The largest absolute Gasteiger partial charge is 0.472 e. The number of esters is 2. The minimum Gasteiger partial charge on any atom is -0.462 e. The summed E-state index contributed by atoms with van der Waals surface area (Å²) in [6.07, 6.45) is 38.5. The quantitative estimate of drug-likeness (QED) is 0.0146. The fraction of sp³-hybridized carbons (Fsp3) is 0.769. The van der Waals surface area contributed by atoms with Crippen LogP contribution in [0.4, 0.5) is 0 Å². The number of rotatable bonds is 42. The van der Waals surface area contributed by atoms with Crippen LogP contribution in [0.25, 0.3) is 0 Å². The molecule has 0 amide bonds. The lowest BCUT2D eigenvalue weighted by Crippen LogP contribution is -2.64. The van der Waals surface area contributed by atoms with Gasteiger partial charge in [0.25, 0.3) is 0 Å². The second-order valence-electron chi connectivity index (χ2n) is 17.7. The molecule has 0 saturated heterocycles. The number of carbonyl (C=O) groups excluding carboxylic acids is 2. The third-order valence-electron chi connectivity index (χ3n) is 11.6. The van der Waals surface area contributed by atoms with E-state index in [2.05, 4.69) is 56.4 Å². The van der Waals surface area contributed by atoms with Crippen LogP contribution in [0.2, 0.25) is 0 Å². The monoisotopic (exact) mass is 955 g/mol. The van der Waals surface area contributed by atoms with Gasteiger partial charge in [-0.2, -0.15) is 0 Å². The first-order chi connectivity index (χ1) is 31.9. The second-order valence-corrected chi connectivity index (χ2v) is 19.1. The molecule has 0 radical (unpaired) electrons. The van der Waals surface area contributed by atoms with E-state index in [-0.39, 0.29) is 12.8 Å². The van der Waals surface area contributed by atoms with Gasteiger partial charge in [-0.05, 0) is 51.4 Å². The Labute approximate surface area is 398 Å². The molecule has 0 heterocycles. The van der Waals surface area contributed by atoms with E-state index in [1.165, 1.54) is 103 Å². The van der Waals surface area contributed by atoms with E-state index < -0.39 is 75.7 Å². The molecular weight excluding hydrogens is 864 g/mol. The average molecular weight is 955 g/mol. The number of allylic oxidation sites excluding steroid dienone is 10. The molecule has 1 aliphatic carbocycles. The highest BCUT2D eigenvalue weighted by Crippen LogP contribution is 2.47. The Bertz CT molecular complexity index is 1380. The van der Waals surface area contributed by atoms with E-state index in [4.69, 9.17) is 18.5 Å². The molecule has 13 nitrogen and oxygen atoms in total. The van der Waals surface area contributed by atoms with Crippen molar-refractivity contribution in [2.45, 2.75) is 243 Å². The molecule has 0 spiro atoms. The Morgan fingerprint density at radius 1 is 0.470 bits per heavy atom. The van der Waals surface area contributed by atoms with Gasteiger partial charge in [-0.3, -0.25) is 18.6 Å². The summed E-state index contributed by atoms with van der Waals surface area (Å²) in [5.41, 5.74) is 0. The first kappa shape index (κ1) is 61.6. The van der Waals surface area contributed by atoms with Gasteiger partial charge in [0.15, 0.2) is 6.10 Å². The van der Waals surface area contributed by atoms with E-state index in [1.54, 1.807) is 0 Å². The van der Waals surface area contributed by atoms with Gasteiger partial charge in [-0.15, -0.1) is 0 Å². The lowest BCUT2D eigenvalue weighted by atomic mass is 9.85. The summed E-state index contributed by atoms with van der Waals surface area (Å²) in [6.45, 7) is 3.23. The van der Waals surface area contributed by atoms with Crippen LogP contribution in [0.3, 0.4) is 0 Å². The van der Waals surface area contributed by atoms with Crippen molar-refractivity contribution in [3.8, 4) is 0 Å². The van der Waals surface area contributed by atoms with Crippen molar-refractivity contribution in [2.24, 2.45) is 0 Å². The molecular formula is C52H91O13P. The van der Waals surface area contributed by atoms with Crippen LogP contribution in [0.1, 0.15) is 200 Å². The maximum Gasteiger partial charge on any atom is 0.472 e. The van der Waals surface area contributed by atoms with Crippen LogP contribution in [-0.2, 0) is 32.7 Å². The lowest BCUT2D eigenvalue weighted by molar-refractivity contribution is -0.220. The van der Waals surface area contributed by atoms with Crippen LogP contribution in [-0.4, -0.2) is 98.3 Å². The van der Waals surface area contributed by atoms with E-state index >= 15 is 0 Å². The van der Waals surface area contributed by atoms with Crippen molar-refractivity contribution in [1.29, 1.82) is 0 Å². The van der Waals surface area contributed by atoms with E-state index in [0.717, 1.165) is 51.4 Å². The SMILES string of the molecule is CCCCC/C=C/C/C=C/C/C=C/C/C=C/C/C=C/CCC(=O)OC[C@@H](COP(=O)(O)OC1C(O)C(O)C(O)[C@H](O)C1O)OC(=O)CCCCCCCCCCCCCCCCCCCC. The average Bonchev–Trinajstić information content (AvgIpc) is 3.30. The van der Waals surface area contributed by atoms with Crippen LogP contribution in [0, 0.1) is 0 Å². The standard InChI is InChI=1S/C52H91O13P/c1-3-5-7-9-11-13-15-17-19-21-23-25-26-28-30-32-34-36-38-40-45(53)62-42-44(43-63-66(60,61)65-52-50(58)48(56)47(55)49(57)51(52)59)64-46(54)41-39-37-35-33-31-29-27-24-22-20-18-16-14-12-10-8-6-4-2/h11,13,17,19,23,25,28,30,34,36,44,47-52,55-59H,3-10,12,14-16,18,20-22,24,26-27,29,31-33,35,37-43H2,1-2H3,(H,60,61)/b13-11+,19-17+,25-23+,30-28+,36-34+/t44-,47?,48-,49?,50?,51?,52?/m0/s1. The molecule has 0 aromatic rings. The maximum atomic E-state index is 12.8. The Kier molecular flexibility index (Phi) is 38.7. The van der Waals surface area contributed by atoms with Crippen LogP contribution in [0.15, 0.2) is 60.8 Å². The number of carbonyl (C=O) groups is 2. The lowest BCUT2D eigenvalue weighted by Gasteiger charge is -2.41. The first-order valence-electron chi connectivity index (χ1n) is 25.6. The third kappa shape index (κ3) is 33.1. The highest BCUT2D eigenvalue weighted by molar-refractivity contribution is 7.47. The topological polar surface area (TPSA) is 210 Å². The Hall–Kier alpha value is -2.45. The molecule has 6 unspecified atom stereocenters. The zero-order valence-corrected chi connectivity index (χ0v) is 41.6. The Balaban J connectivity index is 2.46. The minimum atomic E-state index is -5.14. The van der Waals surface area contributed by atoms with Gasteiger partial charge in [0.05, 0.1) is 6.61 Å². The second kappa shape index (κ2) is 41.5.